The molecular weight excluding hydrogens is 158 g/mol. The van der Waals surface area contributed by atoms with Crippen LogP contribution >= 0.6 is 0 Å². The summed E-state index contributed by atoms with van der Waals surface area (Å²) in [6.45, 7) is 2.22. The molecule has 1 unspecified atom stereocenters. The van der Waals surface area contributed by atoms with Crippen LogP contribution in [0.1, 0.15) is 17.5 Å². The maximum Gasteiger partial charge on any atom is 0.290 e. The van der Waals surface area contributed by atoms with E-state index >= 15 is 0 Å². The smallest absolute Gasteiger partial charge is 0.290 e. The van der Waals surface area contributed by atoms with Gasteiger partial charge >= 0.3 is 0 Å². The Kier molecular flexibility index (Phi) is 2.82. The van der Waals surface area contributed by atoms with Gasteiger partial charge in [-0.1, -0.05) is 5.16 Å². The summed E-state index contributed by atoms with van der Waals surface area (Å²) in [6, 6.07) is 1.45. The van der Waals surface area contributed by atoms with E-state index in [-0.39, 0.29) is 17.7 Å². The molecule has 3 N–H and O–H groups in total. The van der Waals surface area contributed by atoms with Crippen LogP contribution < -0.4 is 11.1 Å². The van der Waals surface area contributed by atoms with Crippen molar-refractivity contribution < 1.29 is 9.32 Å². The van der Waals surface area contributed by atoms with Crippen molar-refractivity contribution in [1.29, 1.82) is 0 Å². The van der Waals surface area contributed by atoms with Crippen LogP contribution in [0.25, 0.3) is 0 Å². The monoisotopic (exact) mass is 169 g/mol. The first-order valence-corrected chi connectivity index (χ1v) is 3.65. The van der Waals surface area contributed by atoms with Crippen LogP contribution in [0.3, 0.4) is 0 Å². The molecule has 0 aliphatic carbocycles. The number of nitrogens with two attached hydrogens (primary N) is 1. The van der Waals surface area contributed by atoms with E-state index in [0.29, 0.717) is 6.54 Å². The zero-order valence-corrected chi connectivity index (χ0v) is 6.78. The molecule has 1 atom stereocenters. The lowest BCUT2D eigenvalue weighted by Gasteiger charge is -2.08. The Bertz CT molecular complexity index is 245. The van der Waals surface area contributed by atoms with Crippen LogP contribution in [-0.2, 0) is 0 Å². The Labute approximate surface area is 69.9 Å². The van der Waals surface area contributed by atoms with Crippen LogP contribution in [0.4, 0.5) is 0 Å². The highest BCUT2D eigenvalue weighted by molar-refractivity contribution is 5.91. The number of carbonyl (C=O) groups is 1. The summed E-state index contributed by atoms with van der Waals surface area (Å²) in [4.78, 5) is 11.2. The van der Waals surface area contributed by atoms with E-state index in [1.807, 2.05) is 6.92 Å². The van der Waals surface area contributed by atoms with Gasteiger partial charge in [0.05, 0.1) is 6.20 Å². The standard InChI is InChI=1S/C7H11N3O2/c1-5(4-8)10-7(11)6-2-3-9-12-6/h2-3,5H,4,8H2,1H3,(H,10,11). The molecule has 0 saturated carbocycles. The van der Waals surface area contributed by atoms with Gasteiger partial charge in [-0.25, -0.2) is 0 Å². The van der Waals surface area contributed by atoms with Gasteiger partial charge in [0.1, 0.15) is 0 Å². The predicted octanol–water partition coefficient (Wildman–Crippen LogP) is -0.248. The van der Waals surface area contributed by atoms with Crippen LogP contribution in [0.5, 0.6) is 0 Å². The third kappa shape index (κ3) is 2.06. The van der Waals surface area contributed by atoms with Gasteiger partial charge < -0.3 is 15.6 Å². The molecule has 1 aromatic heterocycles. The average Bonchev–Trinajstić information content (AvgIpc) is 2.56. The van der Waals surface area contributed by atoms with Crippen LogP contribution in [0.2, 0.25) is 0 Å². The fourth-order valence-corrected chi connectivity index (χ4v) is 0.687. The topological polar surface area (TPSA) is 81.1 Å². The molecule has 1 aromatic rings. The SMILES string of the molecule is CC(CN)NC(=O)c1ccno1. The second-order valence-corrected chi connectivity index (χ2v) is 2.49. The summed E-state index contributed by atoms with van der Waals surface area (Å²) in [5.74, 6) is -0.0826. The maximum absolute atomic E-state index is 11.2. The summed E-state index contributed by atoms with van der Waals surface area (Å²) in [5, 5.41) is 6.04. The van der Waals surface area contributed by atoms with Crippen molar-refractivity contribution in [1.82, 2.24) is 10.5 Å². The van der Waals surface area contributed by atoms with E-state index in [1.54, 1.807) is 0 Å². The molecule has 0 aromatic carbocycles. The van der Waals surface area contributed by atoms with E-state index in [9.17, 15) is 4.79 Å². The van der Waals surface area contributed by atoms with Crippen molar-refractivity contribution in [2.24, 2.45) is 5.73 Å². The highest BCUT2D eigenvalue weighted by Crippen LogP contribution is 1.95. The van der Waals surface area contributed by atoms with Crippen molar-refractivity contribution in [3.63, 3.8) is 0 Å². The minimum absolute atomic E-state index is 0.0531. The molecule has 1 rings (SSSR count). The zero-order valence-electron chi connectivity index (χ0n) is 6.78. The molecule has 66 valence electrons. The van der Waals surface area contributed by atoms with Crippen molar-refractivity contribution in [2.45, 2.75) is 13.0 Å². The number of carbonyl (C=O) groups excluding carboxylic acids is 1. The maximum atomic E-state index is 11.2. The largest absolute Gasteiger partial charge is 0.351 e. The number of hydrogen-bond donors (Lipinski definition) is 2. The minimum Gasteiger partial charge on any atom is -0.351 e. The Hall–Kier alpha value is -1.36. The number of aromatic nitrogens is 1. The van der Waals surface area contributed by atoms with Gasteiger partial charge in [0.25, 0.3) is 5.91 Å². The number of nitrogens with one attached hydrogen (secondary N) is 1. The summed E-state index contributed by atoms with van der Waals surface area (Å²) in [5.41, 5.74) is 5.31. The Morgan fingerprint density at radius 3 is 3.17 bits per heavy atom. The van der Waals surface area contributed by atoms with Crippen molar-refractivity contribution in [3.8, 4) is 0 Å². The summed E-state index contributed by atoms with van der Waals surface area (Å²) in [6.07, 6.45) is 1.42. The van der Waals surface area contributed by atoms with E-state index in [0.717, 1.165) is 0 Å². The fourth-order valence-electron chi connectivity index (χ4n) is 0.687. The first-order valence-electron chi connectivity index (χ1n) is 3.65. The highest BCUT2D eigenvalue weighted by atomic mass is 16.5. The van der Waals surface area contributed by atoms with E-state index in [4.69, 9.17) is 5.73 Å². The Morgan fingerprint density at radius 1 is 1.92 bits per heavy atom. The van der Waals surface area contributed by atoms with Crippen LogP contribution in [0, 0.1) is 0 Å². The van der Waals surface area contributed by atoms with Gasteiger partial charge in [-0.3, -0.25) is 4.79 Å². The average molecular weight is 169 g/mol. The predicted molar refractivity (Wildman–Crippen MR) is 42.5 cm³/mol. The second kappa shape index (κ2) is 3.87. The van der Waals surface area contributed by atoms with Gasteiger partial charge in [-0.05, 0) is 6.92 Å². The summed E-state index contributed by atoms with van der Waals surface area (Å²) < 4.78 is 4.64. The molecule has 0 radical (unpaired) electrons. The molecule has 12 heavy (non-hydrogen) atoms. The molecule has 0 aliphatic heterocycles. The number of hydrogen-bond acceptors (Lipinski definition) is 4. The summed E-state index contributed by atoms with van der Waals surface area (Å²) in [7, 11) is 0. The fraction of sp³-hybridized carbons (Fsp3) is 0.429. The first kappa shape index (κ1) is 8.73. The quantitative estimate of drug-likeness (QED) is 0.653. The Morgan fingerprint density at radius 2 is 2.67 bits per heavy atom. The zero-order chi connectivity index (χ0) is 8.97. The molecular formula is C7H11N3O2. The van der Waals surface area contributed by atoms with Gasteiger partial charge in [-0.15, -0.1) is 0 Å². The van der Waals surface area contributed by atoms with Gasteiger partial charge in [0.2, 0.25) is 5.76 Å². The molecule has 0 spiro atoms. The minimum atomic E-state index is -0.287. The molecule has 0 fully saturated rings. The lowest BCUT2D eigenvalue weighted by atomic mass is 10.3. The van der Waals surface area contributed by atoms with Crippen molar-refractivity contribution in [2.75, 3.05) is 6.54 Å². The second-order valence-electron chi connectivity index (χ2n) is 2.49. The number of rotatable bonds is 3. The van der Waals surface area contributed by atoms with Gasteiger partial charge in [0.15, 0.2) is 0 Å². The molecule has 0 saturated heterocycles. The molecule has 5 heteroatoms. The third-order valence-corrected chi connectivity index (χ3v) is 1.39. The number of nitrogens with zero attached hydrogens (tertiary/aromatic N) is 1. The normalized spacial score (nSPS) is 12.5. The summed E-state index contributed by atoms with van der Waals surface area (Å²) >= 11 is 0. The van der Waals surface area contributed by atoms with Crippen molar-refractivity contribution >= 4 is 5.91 Å². The van der Waals surface area contributed by atoms with Gasteiger partial charge in [-0.2, -0.15) is 0 Å². The highest BCUT2D eigenvalue weighted by Gasteiger charge is 2.11. The van der Waals surface area contributed by atoms with E-state index in [1.165, 1.54) is 12.3 Å². The molecule has 0 bridgehead atoms. The lowest BCUT2D eigenvalue weighted by Crippen LogP contribution is -2.37. The van der Waals surface area contributed by atoms with Crippen LogP contribution in [0.15, 0.2) is 16.8 Å². The molecule has 1 amide bonds. The first-order chi connectivity index (χ1) is 5.74. The van der Waals surface area contributed by atoms with E-state index in [2.05, 4.69) is 15.0 Å². The molecule has 5 nitrogen and oxygen atoms in total. The molecule has 1 heterocycles. The third-order valence-electron chi connectivity index (χ3n) is 1.39. The van der Waals surface area contributed by atoms with Crippen molar-refractivity contribution in [3.05, 3.63) is 18.0 Å². The van der Waals surface area contributed by atoms with E-state index < -0.39 is 0 Å². The van der Waals surface area contributed by atoms with Gasteiger partial charge in [0, 0.05) is 18.7 Å². The lowest BCUT2D eigenvalue weighted by molar-refractivity contribution is 0.0904. The number of amides is 1. The molecule has 0 aliphatic rings. The van der Waals surface area contributed by atoms with Crippen LogP contribution in [-0.4, -0.2) is 23.7 Å². The Balaban J connectivity index is 2.50.